The van der Waals surface area contributed by atoms with Gasteiger partial charge in [0.05, 0.1) is 43.3 Å². The molecule has 0 saturated heterocycles. The number of benzene rings is 2. The molecule has 0 amide bonds. The van der Waals surface area contributed by atoms with Crippen LogP contribution in [-0.2, 0) is 24.8 Å². The van der Waals surface area contributed by atoms with Gasteiger partial charge in [-0.05, 0) is 36.8 Å². The van der Waals surface area contributed by atoms with E-state index >= 15 is 0 Å². The zero-order valence-electron chi connectivity index (χ0n) is 26.3. The molecule has 3 heterocycles. The van der Waals surface area contributed by atoms with Crippen LogP contribution in [0.25, 0.3) is 34.2 Å². The van der Waals surface area contributed by atoms with Gasteiger partial charge in [0.25, 0.3) is 7.82 Å². The van der Waals surface area contributed by atoms with E-state index in [-0.39, 0.29) is 94.7 Å². The minimum atomic E-state index is -5.00. The van der Waals surface area contributed by atoms with Crippen molar-refractivity contribution in [2.45, 2.75) is 32.0 Å². The molecule has 3 aromatic rings. The van der Waals surface area contributed by atoms with Crippen LogP contribution in [0.1, 0.15) is 36.9 Å². The normalized spacial score (nSPS) is 13.4. The summed E-state index contributed by atoms with van der Waals surface area (Å²) in [5, 5.41) is 4.18. The van der Waals surface area contributed by atoms with Gasteiger partial charge in [-0.2, -0.15) is 18.3 Å². The number of fused-ring (bicyclic) bond motifs is 1. The summed E-state index contributed by atoms with van der Waals surface area (Å²) >= 11 is 0. The smallest absolute Gasteiger partial charge is 0.756 e. The quantitative estimate of drug-likeness (QED) is 0.0615. The SMILES string of the molecule is CCCOc1ccc(-c2ncc(C(C(=O)OCCCOP(=O)([O-])O)n3cc4nc(-c5cccc(F)c5F)nc-4cn3)cn2)c(C(F)(F)F)c1.[Na+]. The van der Waals surface area contributed by atoms with E-state index in [1.807, 2.05) is 0 Å². The van der Waals surface area contributed by atoms with E-state index in [9.17, 15) is 36.2 Å². The molecule has 0 aliphatic carbocycles. The molecule has 0 fully saturated rings. The fraction of sp³-hybridized carbons (Fsp3) is 0.267. The number of aromatic nitrogens is 6. The molecule has 50 heavy (non-hydrogen) atoms. The molecule has 0 bridgehead atoms. The number of hydrogen-bond acceptors (Lipinski definition) is 11. The number of alkyl halides is 3. The van der Waals surface area contributed by atoms with Gasteiger partial charge in [-0.25, -0.2) is 33.5 Å². The van der Waals surface area contributed by atoms with Gasteiger partial charge in [-0.15, -0.1) is 0 Å². The average molecular weight is 731 g/mol. The van der Waals surface area contributed by atoms with Crippen molar-refractivity contribution in [3.63, 3.8) is 0 Å². The maximum atomic E-state index is 14.4. The molecule has 258 valence electrons. The van der Waals surface area contributed by atoms with Crippen LogP contribution >= 0.6 is 7.82 Å². The molecule has 13 nitrogen and oxygen atoms in total. The van der Waals surface area contributed by atoms with Crippen molar-refractivity contribution in [2.24, 2.45) is 0 Å². The number of hydrogen-bond donors (Lipinski definition) is 1. The number of nitrogens with zero attached hydrogens (tertiary/aromatic N) is 6. The molecule has 1 N–H and O–H groups in total. The third-order valence-corrected chi connectivity index (χ3v) is 7.26. The summed E-state index contributed by atoms with van der Waals surface area (Å²) < 4.78 is 97.0. The van der Waals surface area contributed by atoms with E-state index in [2.05, 4.69) is 29.6 Å². The Morgan fingerprint density at radius 2 is 1.72 bits per heavy atom. The van der Waals surface area contributed by atoms with Gasteiger partial charge >= 0.3 is 41.7 Å². The van der Waals surface area contributed by atoms with E-state index < -0.39 is 49.8 Å². The van der Waals surface area contributed by atoms with Crippen molar-refractivity contribution in [1.82, 2.24) is 29.7 Å². The first-order chi connectivity index (χ1) is 23.2. The number of ether oxygens (including phenoxy) is 2. The number of carbonyl (C=O) groups is 1. The number of rotatable bonds is 13. The summed E-state index contributed by atoms with van der Waals surface area (Å²) in [4.78, 5) is 49.5. The molecule has 2 aromatic carbocycles. The van der Waals surface area contributed by atoms with Crippen LogP contribution in [0.5, 0.6) is 5.75 Å². The number of carbonyl (C=O) groups excluding carboxylic acids is 1. The Morgan fingerprint density at radius 3 is 2.40 bits per heavy atom. The third kappa shape index (κ3) is 9.45. The largest absolute Gasteiger partial charge is 1.00 e. The molecular formula is C30H25F5N6NaO7P. The standard InChI is InChI=1S/C30H26F5N6O7P.Na/c1-2-9-46-18-7-8-19(21(12-18)30(33,34)35)27-36-13-17(14-37-27)26(29(42)47-10-4-11-48-49(43,44)45)41-16-24-23(15-38-41)39-28(40-24)20-5-3-6-22(31)25(20)32;/h3,5-8,12-16,26H,2,4,9-11H2,1H3,(H2,43,44,45);/q;+1/p-1. The predicted molar refractivity (Wildman–Crippen MR) is 158 cm³/mol. The predicted octanol–water partition coefficient (Wildman–Crippen LogP) is 1.99. The van der Waals surface area contributed by atoms with Crippen molar-refractivity contribution < 1.29 is 84.7 Å². The number of esters is 1. The second-order valence-electron chi connectivity index (χ2n) is 10.3. The molecular weight excluding hydrogens is 705 g/mol. The van der Waals surface area contributed by atoms with Gasteiger partial charge in [-0.3, -0.25) is 9.25 Å². The van der Waals surface area contributed by atoms with Gasteiger partial charge in [0.15, 0.2) is 29.3 Å². The molecule has 2 aliphatic heterocycles. The van der Waals surface area contributed by atoms with Gasteiger partial charge < -0.3 is 23.8 Å². The van der Waals surface area contributed by atoms with Gasteiger partial charge in [0.2, 0.25) is 0 Å². The summed E-state index contributed by atoms with van der Waals surface area (Å²) in [6.45, 7) is 1.14. The summed E-state index contributed by atoms with van der Waals surface area (Å²) in [6, 6.07) is 5.36. The third-order valence-electron chi connectivity index (χ3n) is 6.75. The maximum Gasteiger partial charge on any atom is 1.00 e. The second kappa shape index (κ2) is 16.4. The molecule has 2 aliphatic rings. The van der Waals surface area contributed by atoms with Crippen molar-refractivity contribution in [3.8, 4) is 39.9 Å². The van der Waals surface area contributed by atoms with Crippen LogP contribution in [0.2, 0.25) is 0 Å². The number of halogens is 5. The van der Waals surface area contributed by atoms with Crippen molar-refractivity contribution >= 4 is 13.8 Å². The molecule has 1 aromatic heterocycles. The Morgan fingerprint density at radius 1 is 1.00 bits per heavy atom. The average Bonchev–Trinajstić information content (AvgIpc) is 3.48. The van der Waals surface area contributed by atoms with E-state index in [0.29, 0.717) is 6.42 Å². The summed E-state index contributed by atoms with van der Waals surface area (Å²) in [5.74, 6) is -3.73. The first-order valence-electron chi connectivity index (χ1n) is 14.4. The Hall–Kier alpha value is -3.90. The van der Waals surface area contributed by atoms with E-state index in [0.717, 1.165) is 29.2 Å². The van der Waals surface area contributed by atoms with E-state index in [4.69, 9.17) is 14.4 Å². The van der Waals surface area contributed by atoms with Crippen LogP contribution in [0, 0.1) is 11.6 Å². The summed E-state index contributed by atoms with van der Waals surface area (Å²) in [6.07, 6.45) is 0.300. The van der Waals surface area contributed by atoms with Crippen molar-refractivity contribution in [2.75, 3.05) is 19.8 Å². The van der Waals surface area contributed by atoms with Crippen LogP contribution < -0.4 is 39.2 Å². The second-order valence-corrected chi connectivity index (χ2v) is 11.5. The molecule has 5 rings (SSSR count). The molecule has 0 radical (unpaired) electrons. The summed E-state index contributed by atoms with van der Waals surface area (Å²) in [7, 11) is -5.00. The van der Waals surface area contributed by atoms with Crippen molar-refractivity contribution in [1.29, 1.82) is 0 Å². The van der Waals surface area contributed by atoms with Crippen LogP contribution in [0.15, 0.2) is 61.2 Å². The molecule has 2 unspecified atom stereocenters. The minimum absolute atomic E-state index is 0. The first-order valence-corrected chi connectivity index (χ1v) is 15.9. The fourth-order valence-electron chi connectivity index (χ4n) is 4.54. The van der Waals surface area contributed by atoms with Crippen molar-refractivity contribution in [3.05, 3.63) is 83.9 Å². The monoisotopic (exact) mass is 730 g/mol. The topological polar surface area (TPSA) is 174 Å². The fourth-order valence-corrected chi connectivity index (χ4v) is 4.90. The Kier molecular flexibility index (Phi) is 12.8. The van der Waals surface area contributed by atoms with Gasteiger partial charge in [-0.1, -0.05) is 13.0 Å². The number of phosphoric acid groups is 1. The van der Waals surface area contributed by atoms with E-state index in [1.165, 1.54) is 36.7 Å². The molecule has 20 heteroatoms. The Bertz CT molecular complexity index is 1960. The summed E-state index contributed by atoms with van der Waals surface area (Å²) in [5.41, 5.74) is -1.35. The zero-order valence-corrected chi connectivity index (χ0v) is 29.2. The molecule has 0 saturated carbocycles. The number of phosphoric ester groups is 1. The zero-order chi connectivity index (χ0) is 35.3. The number of imidazole rings is 1. The van der Waals surface area contributed by atoms with Gasteiger partial charge in [0.1, 0.15) is 17.1 Å². The minimum Gasteiger partial charge on any atom is -0.756 e. The van der Waals surface area contributed by atoms with E-state index in [1.54, 1.807) is 6.92 Å². The van der Waals surface area contributed by atoms with Crippen LogP contribution in [0.3, 0.4) is 0 Å². The maximum absolute atomic E-state index is 14.4. The first kappa shape index (κ1) is 38.9. The Balaban J connectivity index is 0.00000562. The Labute approximate surface area is 302 Å². The van der Waals surface area contributed by atoms with Crippen LogP contribution in [-0.4, -0.2) is 60.4 Å². The molecule has 2 atom stereocenters. The van der Waals surface area contributed by atoms with Crippen LogP contribution in [0.4, 0.5) is 22.0 Å². The van der Waals surface area contributed by atoms with Gasteiger partial charge in [0, 0.05) is 29.9 Å². The molecule has 0 spiro atoms.